The maximum Gasteiger partial charge on any atom is 0.301 e. The van der Waals surface area contributed by atoms with E-state index in [4.69, 9.17) is 16.3 Å². The summed E-state index contributed by atoms with van der Waals surface area (Å²) in [6.45, 7) is 5.72. The van der Waals surface area contributed by atoms with Crippen LogP contribution in [0.4, 0.5) is 5.13 Å². The first-order valence-electron chi connectivity index (χ1n) is 9.61. The number of aromatic nitrogens is 2. The second kappa shape index (κ2) is 8.94. The third-order valence-electron chi connectivity index (χ3n) is 4.85. The van der Waals surface area contributed by atoms with Crippen LogP contribution in [0.5, 0.6) is 5.75 Å². The fraction of sp³-hybridized carbons (Fsp3) is 0.130. The van der Waals surface area contributed by atoms with Crippen LogP contribution >= 0.6 is 22.9 Å². The highest BCUT2D eigenvalue weighted by atomic mass is 35.5. The summed E-state index contributed by atoms with van der Waals surface area (Å²) in [6.07, 6.45) is 1.63. The Balaban J connectivity index is 1.86. The Morgan fingerprint density at radius 1 is 1.19 bits per heavy atom. The molecule has 1 unspecified atom stereocenters. The minimum Gasteiger partial charge on any atom is -0.507 e. The maximum absolute atomic E-state index is 13.1. The third kappa shape index (κ3) is 4.02. The first kappa shape index (κ1) is 21.7. The van der Waals surface area contributed by atoms with Gasteiger partial charge in [0.05, 0.1) is 11.6 Å². The largest absolute Gasteiger partial charge is 0.507 e. The Morgan fingerprint density at radius 2 is 1.88 bits per heavy atom. The molecular weight excluding hydrogens is 450 g/mol. The van der Waals surface area contributed by atoms with E-state index >= 15 is 0 Å². The monoisotopic (exact) mass is 467 g/mol. The third-order valence-corrected chi connectivity index (χ3v) is 5.94. The van der Waals surface area contributed by atoms with Crippen molar-refractivity contribution in [2.75, 3.05) is 11.5 Å². The van der Waals surface area contributed by atoms with Gasteiger partial charge >= 0.3 is 5.91 Å². The van der Waals surface area contributed by atoms with Crippen molar-refractivity contribution in [2.24, 2.45) is 0 Å². The molecule has 1 saturated heterocycles. The summed E-state index contributed by atoms with van der Waals surface area (Å²) < 4.78 is 5.52. The Hall–Kier alpha value is -3.49. The second-order valence-corrected chi connectivity index (χ2v) is 8.54. The number of carbonyl (C=O) groups is 2. The number of ether oxygens (including phenoxy) is 1. The molecule has 1 N–H and O–H groups in total. The van der Waals surface area contributed by atoms with Crippen LogP contribution in [0.15, 0.2) is 66.8 Å². The number of carbonyl (C=O) groups excluding carboxylic acids is 2. The van der Waals surface area contributed by atoms with E-state index < -0.39 is 17.7 Å². The van der Waals surface area contributed by atoms with Gasteiger partial charge in [-0.05, 0) is 48.9 Å². The van der Waals surface area contributed by atoms with E-state index in [-0.39, 0.29) is 16.5 Å². The van der Waals surface area contributed by atoms with Gasteiger partial charge in [-0.1, -0.05) is 47.7 Å². The van der Waals surface area contributed by atoms with Gasteiger partial charge in [0.15, 0.2) is 0 Å². The van der Waals surface area contributed by atoms with Gasteiger partial charge in [0.1, 0.15) is 23.1 Å². The minimum absolute atomic E-state index is 0.0371. The van der Waals surface area contributed by atoms with Gasteiger partial charge in [0.25, 0.3) is 5.78 Å². The van der Waals surface area contributed by atoms with E-state index in [9.17, 15) is 14.7 Å². The molecule has 3 aromatic rings. The molecule has 7 nitrogen and oxygen atoms in total. The highest BCUT2D eigenvalue weighted by Gasteiger charge is 2.48. The van der Waals surface area contributed by atoms with Gasteiger partial charge < -0.3 is 9.84 Å². The van der Waals surface area contributed by atoms with Crippen LogP contribution in [-0.4, -0.2) is 33.6 Å². The number of ketones is 1. The van der Waals surface area contributed by atoms with Crippen LogP contribution in [0.2, 0.25) is 5.02 Å². The molecule has 1 amide bonds. The molecule has 162 valence electrons. The van der Waals surface area contributed by atoms with Crippen molar-refractivity contribution >= 4 is 45.5 Å². The average molecular weight is 468 g/mol. The molecule has 0 bridgehead atoms. The van der Waals surface area contributed by atoms with Crippen LogP contribution in [0.1, 0.15) is 22.2 Å². The molecule has 32 heavy (non-hydrogen) atoms. The first-order chi connectivity index (χ1) is 15.4. The van der Waals surface area contributed by atoms with E-state index in [0.717, 1.165) is 0 Å². The van der Waals surface area contributed by atoms with Crippen molar-refractivity contribution < 1.29 is 19.4 Å². The van der Waals surface area contributed by atoms with E-state index in [1.165, 1.54) is 16.2 Å². The Kier molecular flexibility index (Phi) is 6.07. The van der Waals surface area contributed by atoms with Crippen molar-refractivity contribution in [3.05, 3.63) is 87.9 Å². The number of amides is 1. The molecule has 4 rings (SSSR count). The van der Waals surface area contributed by atoms with Crippen molar-refractivity contribution in [1.29, 1.82) is 0 Å². The summed E-state index contributed by atoms with van der Waals surface area (Å²) in [5.41, 5.74) is 0.945. The number of Topliss-reactive ketones (excluding diaryl/α,β-unsaturated/α-hetero) is 1. The van der Waals surface area contributed by atoms with Crippen molar-refractivity contribution in [2.45, 2.75) is 13.0 Å². The second-order valence-electron chi connectivity index (χ2n) is 6.95. The van der Waals surface area contributed by atoms with Crippen molar-refractivity contribution in [3.63, 3.8) is 0 Å². The number of aryl methyl sites for hydroxylation is 1. The van der Waals surface area contributed by atoms with Gasteiger partial charge in [-0.15, -0.1) is 10.2 Å². The molecule has 0 saturated carbocycles. The molecule has 1 atom stereocenters. The minimum atomic E-state index is -0.883. The topological polar surface area (TPSA) is 92.6 Å². The van der Waals surface area contributed by atoms with Gasteiger partial charge in [-0.3, -0.25) is 14.5 Å². The number of nitrogens with zero attached hydrogens (tertiary/aromatic N) is 3. The molecule has 1 aliphatic rings. The predicted octanol–water partition coefficient (Wildman–Crippen LogP) is 4.69. The molecule has 1 fully saturated rings. The van der Waals surface area contributed by atoms with E-state index in [2.05, 4.69) is 16.8 Å². The van der Waals surface area contributed by atoms with Crippen molar-refractivity contribution in [1.82, 2.24) is 10.2 Å². The molecule has 2 aromatic carbocycles. The number of rotatable bonds is 6. The van der Waals surface area contributed by atoms with E-state index in [0.29, 0.717) is 33.5 Å². The molecule has 9 heteroatoms. The van der Waals surface area contributed by atoms with Crippen LogP contribution < -0.4 is 9.64 Å². The van der Waals surface area contributed by atoms with Gasteiger partial charge in [0.2, 0.25) is 5.13 Å². The number of aliphatic hydroxyl groups is 1. The van der Waals surface area contributed by atoms with Gasteiger partial charge in [0, 0.05) is 10.6 Å². The summed E-state index contributed by atoms with van der Waals surface area (Å²) >= 11 is 7.14. The van der Waals surface area contributed by atoms with Crippen LogP contribution in [-0.2, 0) is 9.59 Å². The predicted molar refractivity (Wildman–Crippen MR) is 123 cm³/mol. The zero-order valence-electron chi connectivity index (χ0n) is 17.0. The zero-order chi connectivity index (χ0) is 22.8. The Bertz CT molecular complexity index is 1220. The van der Waals surface area contributed by atoms with Crippen molar-refractivity contribution in [3.8, 4) is 5.75 Å². The molecule has 0 aliphatic carbocycles. The smallest absolute Gasteiger partial charge is 0.301 e. The molecular formula is C23H18ClN3O4S. The number of benzene rings is 2. The van der Waals surface area contributed by atoms with Crippen LogP contribution in [0, 0.1) is 6.92 Å². The molecule has 1 aliphatic heterocycles. The summed E-state index contributed by atoms with van der Waals surface area (Å²) in [4.78, 5) is 27.3. The Labute approximate surface area is 193 Å². The fourth-order valence-corrected chi connectivity index (χ4v) is 4.23. The average Bonchev–Trinajstić information content (AvgIpc) is 3.33. The lowest BCUT2D eigenvalue weighted by molar-refractivity contribution is -0.132. The molecule has 1 aromatic heterocycles. The highest BCUT2D eigenvalue weighted by Crippen LogP contribution is 2.43. The lowest BCUT2D eigenvalue weighted by Crippen LogP contribution is -2.29. The first-order valence-corrected chi connectivity index (χ1v) is 10.8. The number of hydrogen-bond donors (Lipinski definition) is 1. The SMILES string of the molecule is C=CCOc1ccc(C2C(=C(O)c3ccc(Cl)cc3)C(=O)C(=O)N2c2nnc(C)s2)cc1. The van der Waals surface area contributed by atoms with Gasteiger partial charge in [-0.25, -0.2) is 0 Å². The standard InChI is InChI=1S/C23H18ClN3O4S/c1-3-12-31-17-10-6-14(7-11-17)19-18(20(28)15-4-8-16(24)9-5-15)21(29)22(30)27(19)23-26-25-13(2)32-23/h3-11,19,28H,1,12H2,2H3. The van der Waals surface area contributed by atoms with Crippen LogP contribution in [0.25, 0.3) is 5.76 Å². The summed E-state index contributed by atoms with van der Waals surface area (Å²) in [5.74, 6) is -1.27. The number of anilines is 1. The Morgan fingerprint density at radius 3 is 2.47 bits per heavy atom. The maximum atomic E-state index is 13.1. The van der Waals surface area contributed by atoms with Gasteiger partial charge in [-0.2, -0.15) is 0 Å². The van der Waals surface area contributed by atoms with E-state index in [1.807, 2.05) is 0 Å². The summed E-state index contributed by atoms with van der Waals surface area (Å²) in [6, 6.07) is 12.4. The highest BCUT2D eigenvalue weighted by molar-refractivity contribution is 7.15. The lowest BCUT2D eigenvalue weighted by Gasteiger charge is -2.22. The molecule has 2 heterocycles. The van der Waals surface area contributed by atoms with Crippen LogP contribution in [0.3, 0.4) is 0 Å². The number of aliphatic hydroxyl groups excluding tert-OH is 1. The van der Waals surface area contributed by atoms with E-state index in [1.54, 1.807) is 61.5 Å². The lowest BCUT2D eigenvalue weighted by atomic mass is 9.95. The molecule has 0 spiro atoms. The quantitative estimate of drug-likeness (QED) is 0.244. The fourth-order valence-electron chi connectivity index (χ4n) is 3.39. The summed E-state index contributed by atoms with van der Waals surface area (Å²) in [5, 5.41) is 20.5. The summed E-state index contributed by atoms with van der Waals surface area (Å²) in [7, 11) is 0. The molecule has 0 radical (unpaired) electrons. The normalized spacial score (nSPS) is 17.6. The zero-order valence-corrected chi connectivity index (χ0v) is 18.6. The number of hydrogen-bond acceptors (Lipinski definition) is 7. The number of halogens is 1.